The van der Waals surface area contributed by atoms with Crippen molar-refractivity contribution in [3.8, 4) is 5.75 Å². The third-order valence-corrected chi connectivity index (χ3v) is 3.74. The van der Waals surface area contributed by atoms with Gasteiger partial charge in [-0.15, -0.1) is 0 Å². The van der Waals surface area contributed by atoms with E-state index in [9.17, 15) is 4.79 Å². The molecule has 0 bridgehead atoms. The van der Waals surface area contributed by atoms with E-state index < -0.39 is 0 Å². The highest BCUT2D eigenvalue weighted by atomic mass is 16.5. The molecule has 0 aliphatic rings. The highest BCUT2D eigenvalue weighted by molar-refractivity contribution is 5.94. The van der Waals surface area contributed by atoms with E-state index >= 15 is 0 Å². The number of carbonyl (C=O) groups is 1. The first-order chi connectivity index (χ1) is 11.3. The highest BCUT2D eigenvalue weighted by Crippen LogP contribution is 2.22. The molecule has 1 N–H and O–H groups in total. The molecule has 0 fully saturated rings. The summed E-state index contributed by atoms with van der Waals surface area (Å²) in [5.74, 6) is 0.761. The number of benzene rings is 2. The van der Waals surface area contributed by atoms with Gasteiger partial charge in [0, 0.05) is 12.1 Å². The van der Waals surface area contributed by atoms with Crippen LogP contribution in [0.1, 0.15) is 56.1 Å². The Kier molecular flexibility index (Phi) is 5.66. The number of rotatable bonds is 5. The predicted octanol–water partition coefficient (Wildman–Crippen LogP) is 4.70. The van der Waals surface area contributed by atoms with E-state index in [0.29, 0.717) is 12.1 Å². The van der Waals surface area contributed by atoms with Gasteiger partial charge in [0.05, 0.1) is 6.10 Å². The number of hydrogen-bond acceptors (Lipinski definition) is 2. The molecule has 0 aromatic heterocycles. The molecule has 24 heavy (non-hydrogen) atoms. The Morgan fingerprint density at radius 2 is 1.75 bits per heavy atom. The maximum Gasteiger partial charge on any atom is 0.251 e. The Balaban J connectivity index is 1.98. The Bertz CT molecular complexity index is 682. The second-order valence-electron chi connectivity index (χ2n) is 7.32. The van der Waals surface area contributed by atoms with E-state index in [-0.39, 0.29) is 17.4 Å². The summed E-state index contributed by atoms with van der Waals surface area (Å²) in [7, 11) is 0. The van der Waals surface area contributed by atoms with Crippen molar-refractivity contribution in [3.05, 3.63) is 65.2 Å². The highest BCUT2D eigenvalue weighted by Gasteiger charge is 2.14. The first kappa shape index (κ1) is 18.1. The molecular weight excluding hydrogens is 298 g/mol. The second kappa shape index (κ2) is 7.52. The van der Waals surface area contributed by atoms with E-state index in [0.717, 1.165) is 11.3 Å². The lowest BCUT2D eigenvalue weighted by Crippen LogP contribution is -2.23. The summed E-state index contributed by atoms with van der Waals surface area (Å²) < 4.78 is 5.68. The smallest absolute Gasteiger partial charge is 0.251 e. The summed E-state index contributed by atoms with van der Waals surface area (Å²) in [5, 5.41) is 2.96. The summed E-state index contributed by atoms with van der Waals surface area (Å²) in [4.78, 5) is 12.3. The van der Waals surface area contributed by atoms with Crippen LogP contribution in [0.3, 0.4) is 0 Å². The summed E-state index contributed by atoms with van der Waals surface area (Å²) in [6.45, 7) is 11.0. The Labute approximate surface area is 145 Å². The molecule has 0 aliphatic carbocycles. The lowest BCUT2D eigenvalue weighted by molar-refractivity contribution is 0.0950. The van der Waals surface area contributed by atoms with Gasteiger partial charge >= 0.3 is 0 Å². The van der Waals surface area contributed by atoms with Gasteiger partial charge in [0.2, 0.25) is 0 Å². The molecule has 0 unspecified atom stereocenters. The van der Waals surface area contributed by atoms with Crippen molar-refractivity contribution < 1.29 is 9.53 Å². The van der Waals surface area contributed by atoms with Gasteiger partial charge in [-0.25, -0.2) is 0 Å². The molecule has 1 amide bonds. The quantitative estimate of drug-likeness (QED) is 0.865. The molecule has 128 valence electrons. The van der Waals surface area contributed by atoms with Gasteiger partial charge in [-0.05, 0) is 54.7 Å². The normalized spacial score (nSPS) is 11.4. The molecule has 0 aliphatic heterocycles. The van der Waals surface area contributed by atoms with Crippen molar-refractivity contribution in [1.82, 2.24) is 5.32 Å². The molecule has 0 spiro atoms. The minimum absolute atomic E-state index is 0.0642. The number of ether oxygens (including phenoxy) is 1. The van der Waals surface area contributed by atoms with Crippen molar-refractivity contribution in [2.45, 2.75) is 52.7 Å². The van der Waals surface area contributed by atoms with Crippen LogP contribution in [-0.4, -0.2) is 12.0 Å². The first-order valence-electron chi connectivity index (χ1n) is 8.40. The van der Waals surface area contributed by atoms with Gasteiger partial charge in [0.25, 0.3) is 5.91 Å². The largest absolute Gasteiger partial charge is 0.491 e. The maximum absolute atomic E-state index is 12.3. The zero-order valence-electron chi connectivity index (χ0n) is 15.2. The van der Waals surface area contributed by atoms with Crippen LogP contribution >= 0.6 is 0 Å². The minimum atomic E-state index is -0.0642. The van der Waals surface area contributed by atoms with Crippen molar-refractivity contribution in [1.29, 1.82) is 0 Å². The van der Waals surface area contributed by atoms with E-state index in [1.807, 2.05) is 62.4 Å². The number of nitrogens with one attached hydrogen (secondary N) is 1. The first-order valence-corrected chi connectivity index (χ1v) is 8.40. The minimum Gasteiger partial charge on any atom is -0.491 e. The molecule has 0 saturated heterocycles. The summed E-state index contributed by atoms with van der Waals surface area (Å²) >= 11 is 0. The number of carbonyl (C=O) groups excluding carboxylic acids is 1. The zero-order valence-corrected chi connectivity index (χ0v) is 15.2. The van der Waals surface area contributed by atoms with Gasteiger partial charge < -0.3 is 10.1 Å². The third kappa shape index (κ3) is 5.12. The SMILES string of the molecule is CC(C)Oc1cccc(CNC(=O)c2ccc(C(C)(C)C)cc2)c1. The Hall–Kier alpha value is -2.29. The van der Waals surface area contributed by atoms with Gasteiger partial charge in [-0.3, -0.25) is 4.79 Å². The molecule has 2 aromatic carbocycles. The monoisotopic (exact) mass is 325 g/mol. The Morgan fingerprint density at radius 1 is 1.08 bits per heavy atom. The lowest BCUT2D eigenvalue weighted by Gasteiger charge is -2.19. The van der Waals surface area contributed by atoms with Crippen LogP contribution in [0.15, 0.2) is 48.5 Å². The second-order valence-corrected chi connectivity index (χ2v) is 7.32. The van der Waals surface area contributed by atoms with Crippen LogP contribution in [0.25, 0.3) is 0 Å². The van der Waals surface area contributed by atoms with Crippen LogP contribution in [0.4, 0.5) is 0 Å². The molecule has 3 heteroatoms. The van der Waals surface area contributed by atoms with Crippen LogP contribution in [0.2, 0.25) is 0 Å². The number of amides is 1. The van der Waals surface area contributed by atoms with E-state index in [4.69, 9.17) is 4.74 Å². The average Bonchev–Trinajstić information content (AvgIpc) is 2.51. The summed E-state index contributed by atoms with van der Waals surface area (Å²) in [5.41, 5.74) is 3.01. The van der Waals surface area contributed by atoms with Crippen LogP contribution in [0.5, 0.6) is 5.75 Å². The number of hydrogen-bond donors (Lipinski definition) is 1. The van der Waals surface area contributed by atoms with Crippen LogP contribution in [0, 0.1) is 0 Å². The van der Waals surface area contributed by atoms with Gasteiger partial charge in [0.1, 0.15) is 5.75 Å². The molecule has 0 heterocycles. The van der Waals surface area contributed by atoms with Gasteiger partial charge in [-0.2, -0.15) is 0 Å². The molecule has 0 atom stereocenters. The zero-order chi connectivity index (χ0) is 17.7. The fourth-order valence-electron chi connectivity index (χ4n) is 2.41. The summed E-state index contributed by atoms with van der Waals surface area (Å²) in [6, 6.07) is 15.6. The topological polar surface area (TPSA) is 38.3 Å². The van der Waals surface area contributed by atoms with Crippen molar-refractivity contribution in [2.75, 3.05) is 0 Å². The van der Waals surface area contributed by atoms with Crippen LogP contribution in [-0.2, 0) is 12.0 Å². The Morgan fingerprint density at radius 3 is 2.33 bits per heavy atom. The van der Waals surface area contributed by atoms with E-state index in [1.165, 1.54) is 5.56 Å². The van der Waals surface area contributed by atoms with Gasteiger partial charge in [0.15, 0.2) is 0 Å². The summed E-state index contributed by atoms with van der Waals surface area (Å²) in [6.07, 6.45) is 0.135. The molecule has 2 aromatic rings. The van der Waals surface area contributed by atoms with Crippen molar-refractivity contribution >= 4 is 5.91 Å². The van der Waals surface area contributed by atoms with Crippen LogP contribution < -0.4 is 10.1 Å². The average molecular weight is 325 g/mol. The molecule has 2 rings (SSSR count). The molecule has 3 nitrogen and oxygen atoms in total. The standard InChI is InChI=1S/C21H27NO2/c1-15(2)24-19-8-6-7-16(13-19)14-22-20(23)17-9-11-18(12-10-17)21(3,4)5/h6-13,15H,14H2,1-5H3,(H,22,23). The molecular formula is C21H27NO2. The predicted molar refractivity (Wildman–Crippen MR) is 98.5 cm³/mol. The van der Waals surface area contributed by atoms with Crippen molar-refractivity contribution in [3.63, 3.8) is 0 Å². The van der Waals surface area contributed by atoms with E-state index in [1.54, 1.807) is 0 Å². The molecule has 0 radical (unpaired) electrons. The van der Waals surface area contributed by atoms with Crippen molar-refractivity contribution in [2.24, 2.45) is 0 Å². The van der Waals surface area contributed by atoms with Gasteiger partial charge in [-0.1, -0.05) is 45.0 Å². The maximum atomic E-state index is 12.3. The van der Waals surface area contributed by atoms with E-state index in [2.05, 4.69) is 26.1 Å². The lowest BCUT2D eigenvalue weighted by atomic mass is 9.87. The third-order valence-electron chi connectivity index (χ3n) is 3.74. The fourth-order valence-corrected chi connectivity index (χ4v) is 2.41. The molecule has 0 saturated carbocycles. The fraction of sp³-hybridized carbons (Fsp3) is 0.381.